The fraction of sp³-hybridized carbons (Fsp3) is 0.684. The van der Waals surface area contributed by atoms with Gasteiger partial charge in [0.25, 0.3) is 0 Å². The molecular formula is C19H27N. The van der Waals surface area contributed by atoms with Gasteiger partial charge in [-0.2, -0.15) is 0 Å². The molecular weight excluding hydrogens is 242 g/mol. The number of aryl methyl sites for hydroxylation is 1. The molecule has 3 aliphatic rings. The summed E-state index contributed by atoms with van der Waals surface area (Å²) < 4.78 is 0. The van der Waals surface area contributed by atoms with E-state index in [1.54, 1.807) is 12.0 Å². The second-order valence-corrected chi connectivity index (χ2v) is 7.41. The molecule has 2 aliphatic carbocycles. The van der Waals surface area contributed by atoms with Crippen molar-refractivity contribution in [2.45, 2.75) is 57.4 Å². The Labute approximate surface area is 123 Å². The van der Waals surface area contributed by atoms with Gasteiger partial charge in [0, 0.05) is 6.04 Å². The highest BCUT2D eigenvalue weighted by atomic mass is 15.2. The molecule has 108 valence electrons. The maximum absolute atomic E-state index is 2.85. The minimum Gasteiger partial charge on any atom is -0.300 e. The molecule has 0 N–H and O–H groups in total. The lowest BCUT2D eigenvalue weighted by Gasteiger charge is -2.40. The molecule has 1 nitrogen and oxygen atoms in total. The zero-order valence-electron chi connectivity index (χ0n) is 12.7. The van der Waals surface area contributed by atoms with E-state index < -0.39 is 0 Å². The van der Waals surface area contributed by atoms with Crippen LogP contribution in [0.4, 0.5) is 0 Å². The van der Waals surface area contributed by atoms with Crippen LogP contribution in [-0.2, 0) is 0 Å². The van der Waals surface area contributed by atoms with E-state index in [0.29, 0.717) is 0 Å². The van der Waals surface area contributed by atoms with Crippen LogP contribution in [0.2, 0.25) is 0 Å². The average Bonchev–Trinajstić information content (AvgIpc) is 3.11. The molecule has 3 atom stereocenters. The van der Waals surface area contributed by atoms with E-state index in [1.807, 2.05) is 0 Å². The van der Waals surface area contributed by atoms with Crippen molar-refractivity contribution in [3.8, 4) is 0 Å². The fourth-order valence-corrected chi connectivity index (χ4v) is 5.25. The molecule has 2 unspecified atom stereocenters. The number of benzene rings is 1. The van der Waals surface area contributed by atoms with E-state index in [2.05, 4.69) is 36.1 Å². The molecule has 1 heteroatoms. The first-order valence-corrected chi connectivity index (χ1v) is 8.61. The fourth-order valence-electron chi connectivity index (χ4n) is 5.25. The predicted octanol–water partition coefficient (Wildman–Crippen LogP) is 4.36. The Morgan fingerprint density at radius 3 is 2.40 bits per heavy atom. The summed E-state index contributed by atoms with van der Waals surface area (Å²) in [5.74, 6) is 2.94. The van der Waals surface area contributed by atoms with Gasteiger partial charge in [0.05, 0.1) is 0 Å². The lowest BCUT2D eigenvalue weighted by atomic mass is 9.85. The summed E-state index contributed by atoms with van der Waals surface area (Å²) in [6.45, 7) is 4.96. The molecule has 2 saturated carbocycles. The maximum atomic E-state index is 2.85. The van der Waals surface area contributed by atoms with Crippen molar-refractivity contribution in [3.63, 3.8) is 0 Å². The summed E-state index contributed by atoms with van der Waals surface area (Å²) in [6.07, 6.45) is 8.85. The Bertz CT molecular complexity index is 472. The summed E-state index contributed by atoms with van der Waals surface area (Å²) in [4.78, 5) is 2.85. The van der Waals surface area contributed by atoms with E-state index in [4.69, 9.17) is 0 Å². The third-order valence-electron chi connectivity index (χ3n) is 6.33. The molecule has 3 fully saturated rings. The monoisotopic (exact) mass is 269 g/mol. The summed E-state index contributed by atoms with van der Waals surface area (Å²) in [5.41, 5.74) is 3.10. The van der Waals surface area contributed by atoms with E-state index in [-0.39, 0.29) is 0 Å². The molecule has 0 spiro atoms. The minimum absolute atomic E-state index is 0.811. The van der Waals surface area contributed by atoms with Gasteiger partial charge in [0.2, 0.25) is 0 Å². The molecule has 1 heterocycles. The Morgan fingerprint density at radius 1 is 0.950 bits per heavy atom. The highest BCUT2D eigenvalue weighted by Gasteiger charge is 2.42. The van der Waals surface area contributed by atoms with Crippen LogP contribution in [-0.4, -0.2) is 24.0 Å². The van der Waals surface area contributed by atoms with Crippen molar-refractivity contribution in [2.24, 2.45) is 11.8 Å². The molecule has 2 bridgehead atoms. The molecule has 4 rings (SSSR count). The average molecular weight is 269 g/mol. The first kappa shape index (κ1) is 12.9. The van der Waals surface area contributed by atoms with Crippen LogP contribution in [0.15, 0.2) is 24.3 Å². The minimum atomic E-state index is 0.811. The topological polar surface area (TPSA) is 3.24 Å². The highest BCUT2D eigenvalue weighted by molar-refractivity contribution is 5.29. The van der Waals surface area contributed by atoms with E-state index >= 15 is 0 Å². The van der Waals surface area contributed by atoms with Crippen LogP contribution in [0.3, 0.4) is 0 Å². The summed E-state index contributed by atoms with van der Waals surface area (Å²) >= 11 is 0. The predicted molar refractivity (Wildman–Crippen MR) is 84.0 cm³/mol. The Hall–Kier alpha value is -0.820. The molecule has 0 radical (unpaired) electrons. The third kappa shape index (κ3) is 2.20. The van der Waals surface area contributed by atoms with Crippen LogP contribution in [0.25, 0.3) is 0 Å². The van der Waals surface area contributed by atoms with Crippen molar-refractivity contribution in [2.75, 3.05) is 13.1 Å². The van der Waals surface area contributed by atoms with Crippen molar-refractivity contribution in [3.05, 3.63) is 35.4 Å². The van der Waals surface area contributed by atoms with Crippen molar-refractivity contribution < 1.29 is 0 Å². The smallest absolute Gasteiger partial charge is 0.0126 e. The molecule has 1 aromatic carbocycles. The number of hydrogen-bond donors (Lipinski definition) is 0. The lowest BCUT2D eigenvalue weighted by molar-refractivity contribution is 0.110. The summed E-state index contributed by atoms with van der Waals surface area (Å²) in [5, 5.41) is 0. The zero-order valence-corrected chi connectivity index (χ0v) is 12.7. The Kier molecular flexibility index (Phi) is 3.34. The largest absolute Gasteiger partial charge is 0.300 e. The SMILES string of the molecule is Cc1ccccc1C1CCN([C@H]2CC3CCC2C3)CC1. The maximum Gasteiger partial charge on any atom is 0.0126 e. The van der Waals surface area contributed by atoms with Gasteiger partial charge in [-0.25, -0.2) is 0 Å². The van der Waals surface area contributed by atoms with Crippen molar-refractivity contribution >= 4 is 0 Å². The molecule has 0 amide bonds. The Morgan fingerprint density at radius 2 is 1.75 bits per heavy atom. The van der Waals surface area contributed by atoms with Crippen LogP contribution in [0.1, 0.15) is 55.6 Å². The molecule has 20 heavy (non-hydrogen) atoms. The van der Waals surface area contributed by atoms with Gasteiger partial charge in [-0.1, -0.05) is 30.7 Å². The first-order chi connectivity index (χ1) is 9.81. The molecule has 1 aromatic rings. The van der Waals surface area contributed by atoms with Crippen LogP contribution >= 0.6 is 0 Å². The second kappa shape index (κ2) is 5.18. The summed E-state index contributed by atoms with van der Waals surface area (Å²) in [6, 6.07) is 9.96. The number of fused-ring (bicyclic) bond motifs is 2. The third-order valence-corrected chi connectivity index (χ3v) is 6.33. The van der Waals surface area contributed by atoms with Gasteiger partial charge in [-0.05, 0) is 81.0 Å². The number of nitrogens with zero attached hydrogens (tertiary/aromatic N) is 1. The normalized spacial score (nSPS) is 34.8. The van der Waals surface area contributed by atoms with E-state index in [9.17, 15) is 0 Å². The lowest BCUT2D eigenvalue weighted by Crippen LogP contribution is -2.43. The highest BCUT2D eigenvalue weighted by Crippen LogP contribution is 2.47. The van der Waals surface area contributed by atoms with Gasteiger partial charge in [0.15, 0.2) is 0 Å². The van der Waals surface area contributed by atoms with Gasteiger partial charge >= 0.3 is 0 Å². The molecule has 0 aromatic heterocycles. The number of piperidine rings is 1. The first-order valence-electron chi connectivity index (χ1n) is 8.61. The number of likely N-dealkylation sites (tertiary alicyclic amines) is 1. The van der Waals surface area contributed by atoms with Gasteiger partial charge in [-0.15, -0.1) is 0 Å². The number of hydrogen-bond acceptors (Lipinski definition) is 1. The standard InChI is InChI=1S/C19H27N/c1-14-4-2-3-5-18(14)16-8-10-20(11-9-16)19-13-15-6-7-17(19)12-15/h2-5,15-17,19H,6-13H2,1H3/t15?,17?,19-/m0/s1. The van der Waals surface area contributed by atoms with Crippen LogP contribution in [0, 0.1) is 18.8 Å². The van der Waals surface area contributed by atoms with Crippen molar-refractivity contribution in [1.29, 1.82) is 0 Å². The van der Waals surface area contributed by atoms with E-state index in [0.717, 1.165) is 23.8 Å². The summed E-state index contributed by atoms with van der Waals surface area (Å²) in [7, 11) is 0. The van der Waals surface area contributed by atoms with E-state index in [1.165, 1.54) is 50.8 Å². The quantitative estimate of drug-likeness (QED) is 0.771. The van der Waals surface area contributed by atoms with Gasteiger partial charge in [-0.3, -0.25) is 0 Å². The van der Waals surface area contributed by atoms with Crippen LogP contribution < -0.4 is 0 Å². The molecule has 1 aliphatic heterocycles. The zero-order chi connectivity index (χ0) is 13.5. The van der Waals surface area contributed by atoms with Crippen molar-refractivity contribution in [1.82, 2.24) is 4.90 Å². The number of rotatable bonds is 2. The van der Waals surface area contributed by atoms with Gasteiger partial charge < -0.3 is 4.90 Å². The van der Waals surface area contributed by atoms with Crippen LogP contribution in [0.5, 0.6) is 0 Å². The second-order valence-electron chi connectivity index (χ2n) is 7.41. The molecule has 1 saturated heterocycles. The Balaban J connectivity index is 1.40. The van der Waals surface area contributed by atoms with Gasteiger partial charge in [0.1, 0.15) is 0 Å².